The lowest BCUT2D eigenvalue weighted by Crippen LogP contribution is -2.04. The number of hydrogen-bond donors (Lipinski definition) is 3. The Hall–Kier alpha value is -1.06. The number of aliphatic hydroxyl groups is 1. The van der Waals surface area contributed by atoms with Crippen LogP contribution in [0, 0.1) is 0 Å². The Bertz CT molecular complexity index is 177. The maximum absolute atomic E-state index is 8.47. The minimum atomic E-state index is 0.175. The molecule has 0 aliphatic heterocycles. The fourth-order valence-electron chi connectivity index (χ4n) is 0.756. The first kappa shape index (κ1) is 10.9. The standard InChI is InChI=1S/C8H11NO.CH5N/c10-7-6-9-8-4-2-1-3-5-8;1-2/h1-5,9-10H,6-7H2;2H2,1H3. The fourth-order valence-corrected chi connectivity index (χ4v) is 0.756. The maximum Gasteiger partial charge on any atom is 0.0604 e. The van der Waals surface area contributed by atoms with Crippen LogP contribution in [0.5, 0.6) is 0 Å². The van der Waals surface area contributed by atoms with Gasteiger partial charge in [0.25, 0.3) is 0 Å². The molecule has 0 aliphatic carbocycles. The van der Waals surface area contributed by atoms with E-state index in [-0.39, 0.29) is 6.61 Å². The summed E-state index contributed by atoms with van der Waals surface area (Å²) in [6, 6.07) is 9.81. The summed E-state index contributed by atoms with van der Waals surface area (Å²) in [6.07, 6.45) is 0. The zero-order chi connectivity index (χ0) is 9.23. The molecule has 12 heavy (non-hydrogen) atoms. The van der Waals surface area contributed by atoms with Gasteiger partial charge in [-0.2, -0.15) is 0 Å². The lowest BCUT2D eigenvalue weighted by molar-refractivity contribution is 0.311. The molecular weight excluding hydrogens is 152 g/mol. The van der Waals surface area contributed by atoms with Crippen LogP contribution in [0.4, 0.5) is 5.69 Å². The molecule has 0 unspecified atom stereocenters. The highest BCUT2D eigenvalue weighted by atomic mass is 16.3. The molecule has 1 aromatic rings. The smallest absolute Gasteiger partial charge is 0.0604 e. The SMILES string of the molecule is CN.OCCNc1ccccc1. The average Bonchev–Trinajstić information content (AvgIpc) is 2.19. The average molecular weight is 168 g/mol. The van der Waals surface area contributed by atoms with Gasteiger partial charge < -0.3 is 16.2 Å². The van der Waals surface area contributed by atoms with Crippen molar-refractivity contribution in [3.8, 4) is 0 Å². The Morgan fingerprint density at radius 1 is 1.25 bits per heavy atom. The van der Waals surface area contributed by atoms with Gasteiger partial charge in [-0.1, -0.05) is 18.2 Å². The molecule has 0 bridgehead atoms. The Balaban J connectivity index is 0.000000561. The van der Waals surface area contributed by atoms with Gasteiger partial charge in [-0.25, -0.2) is 0 Å². The summed E-state index contributed by atoms with van der Waals surface area (Å²) in [5, 5.41) is 11.5. The first-order chi connectivity index (χ1) is 5.93. The number of aliphatic hydroxyl groups excluding tert-OH is 1. The van der Waals surface area contributed by atoms with Crippen molar-refractivity contribution in [1.29, 1.82) is 0 Å². The minimum Gasteiger partial charge on any atom is -0.395 e. The second-order valence-electron chi connectivity index (χ2n) is 2.02. The molecule has 0 heterocycles. The lowest BCUT2D eigenvalue weighted by Gasteiger charge is -2.01. The molecule has 68 valence electrons. The third kappa shape index (κ3) is 4.71. The number of nitrogens with two attached hydrogens (primary N) is 1. The molecular formula is C9H16N2O. The van der Waals surface area contributed by atoms with Crippen LogP contribution in [0.1, 0.15) is 0 Å². The highest BCUT2D eigenvalue weighted by Crippen LogP contribution is 2.02. The molecule has 0 saturated heterocycles. The van der Waals surface area contributed by atoms with Crippen molar-refractivity contribution in [1.82, 2.24) is 0 Å². The van der Waals surface area contributed by atoms with Crippen molar-refractivity contribution >= 4 is 5.69 Å². The van der Waals surface area contributed by atoms with Crippen LogP contribution in [-0.4, -0.2) is 25.3 Å². The predicted molar refractivity (Wildman–Crippen MR) is 52.1 cm³/mol. The Kier molecular flexibility index (Phi) is 7.33. The molecule has 1 rings (SSSR count). The zero-order valence-electron chi connectivity index (χ0n) is 7.33. The van der Waals surface area contributed by atoms with Gasteiger partial charge in [0, 0.05) is 12.2 Å². The third-order valence-corrected chi connectivity index (χ3v) is 1.21. The van der Waals surface area contributed by atoms with E-state index < -0.39 is 0 Å². The number of nitrogens with one attached hydrogen (secondary N) is 1. The summed E-state index contributed by atoms with van der Waals surface area (Å²) in [5.41, 5.74) is 5.55. The summed E-state index contributed by atoms with van der Waals surface area (Å²) >= 11 is 0. The largest absolute Gasteiger partial charge is 0.395 e. The Labute approximate surface area is 73.2 Å². The van der Waals surface area contributed by atoms with Crippen molar-refractivity contribution < 1.29 is 5.11 Å². The topological polar surface area (TPSA) is 58.3 Å². The van der Waals surface area contributed by atoms with Gasteiger partial charge in [-0.05, 0) is 19.2 Å². The van der Waals surface area contributed by atoms with Crippen molar-refractivity contribution in [3.05, 3.63) is 30.3 Å². The van der Waals surface area contributed by atoms with Crippen molar-refractivity contribution in [2.75, 3.05) is 25.5 Å². The molecule has 0 aliphatic rings. The first-order valence-corrected chi connectivity index (χ1v) is 3.91. The molecule has 4 N–H and O–H groups in total. The molecule has 0 saturated carbocycles. The van der Waals surface area contributed by atoms with E-state index in [1.807, 2.05) is 30.3 Å². The van der Waals surface area contributed by atoms with Crippen molar-refractivity contribution in [2.24, 2.45) is 5.73 Å². The quantitative estimate of drug-likeness (QED) is 0.621. The predicted octanol–water partition coefficient (Wildman–Crippen LogP) is 0.666. The van der Waals surface area contributed by atoms with Crippen LogP contribution in [-0.2, 0) is 0 Å². The van der Waals surface area contributed by atoms with E-state index in [4.69, 9.17) is 5.11 Å². The van der Waals surface area contributed by atoms with Gasteiger partial charge in [0.05, 0.1) is 6.61 Å². The molecule has 0 spiro atoms. The van der Waals surface area contributed by atoms with Gasteiger partial charge in [0.1, 0.15) is 0 Å². The number of benzene rings is 1. The number of rotatable bonds is 3. The fraction of sp³-hybridized carbons (Fsp3) is 0.333. The highest BCUT2D eigenvalue weighted by Gasteiger charge is 1.84. The van der Waals surface area contributed by atoms with E-state index in [0.717, 1.165) is 5.69 Å². The second-order valence-corrected chi connectivity index (χ2v) is 2.02. The van der Waals surface area contributed by atoms with Crippen molar-refractivity contribution in [2.45, 2.75) is 0 Å². The van der Waals surface area contributed by atoms with E-state index in [1.54, 1.807) is 0 Å². The lowest BCUT2D eigenvalue weighted by atomic mass is 10.3. The van der Waals surface area contributed by atoms with Crippen LogP contribution in [0.2, 0.25) is 0 Å². The second kappa shape index (κ2) is 8.04. The monoisotopic (exact) mass is 168 g/mol. The Morgan fingerprint density at radius 2 is 1.83 bits per heavy atom. The molecule has 3 nitrogen and oxygen atoms in total. The van der Waals surface area contributed by atoms with Gasteiger partial charge in [-0.3, -0.25) is 0 Å². The van der Waals surface area contributed by atoms with Gasteiger partial charge in [0.15, 0.2) is 0 Å². The summed E-state index contributed by atoms with van der Waals surface area (Å²) in [4.78, 5) is 0. The number of hydrogen-bond acceptors (Lipinski definition) is 3. The normalized spacial score (nSPS) is 8.25. The molecule has 0 amide bonds. The summed E-state index contributed by atoms with van der Waals surface area (Å²) in [5.74, 6) is 0. The number of para-hydroxylation sites is 1. The third-order valence-electron chi connectivity index (χ3n) is 1.21. The molecule has 0 fully saturated rings. The Morgan fingerprint density at radius 3 is 2.33 bits per heavy atom. The van der Waals surface area contributed by atoms with E-state index in [9.17, 15) is 0 Å². The van der Waals surface area contributed by atoms with E-state index in [2.05, 4.69) is 11.1 Å². The summed E-state index contributed by atoms with van der Waals surface area (Å²) in [7, 11) is 1.50. The van der Waals surface area contributed by atoms with Gasteiger partial charge in [0.2, 0.25) is 0 Å². The van der Waals surface area contributed by atoms with Crippen LogP contribution in [0.25, 0.3) is 0 Å². The van der Waals surface area contributed by atoms with Crippen molar-refractivity contribution in [3.63, 3.8) is 0 Å². The highest BCUT2D eigenvalue weighted by molar-refractivity contribution is 5.42. The van der Waals surface area contributed by atoms with Gasteiger partial charge >= 0.3 is 0 Å². The van der Waals surface area contributed by atoms with Gasteiger partial charge in [-0.15, -0.1) is 0 Å². The first-order valence-electron chi connectivity index (χ1n) is 3.91. The van der Waals surface area contributed by atoms with Crippen LogP contribution < -0.4 is 11.1 Å². The molecule has 0 atom stereocenters. The van der Waals surface area contributed by atoms with Crippen LogP contribution in [0.15, 0.2) is 30.3 Å². The molecule has 1 aromatic carbocycles. The van der Waals surface area contributed by atoms with Crippen LogP contribution >= 0.6 is 0 Å². The molecule has 0 radical (unpaired) electrons. The maximum atomic E-state index is 8.47. The molecule has 3 heteroatoms. The van der Waals surface area contributed by atoms with E-state index in [1.165, 1.54) is 7.05 Å². The zero-order valence-corrected chi connectivity index (χ0v) is 7.33. The number of anilines is 1. The molecule has 0 aromatic heterocycles. The minimum absolute atomic E-state index is 0.175. The van der Waals surface area contributed by atoms with Crippen LogP contribution in [0.3, 0.4) is 0 Å². The van der Waals surface area contributed by atoms with E-state index in [0.29, 0.717) is 6.54 Å². The van der Waals surface area contributed by atoms with E-state index >= 15 is 0 Å². The summed E-state index contributed by atoms with van der Waals surface area (Å²) < 4.78 is 0. The summed E-state index contributed by atoms with van der Waals surface area (Å²) in [6.45, 7) is 0.791.